The number of nitrogens with one attached hydrogen (secondary N) is 1. The summed E-state index contributed by atoms with van der Waals surface area (Å²) in [6.45, 7) is 7.40. The van der Waals surface area contributed by atoms with Crippen LogP contribution >= 0.6 is 11.6 Å². The number of phenols is 1. The molecule has 2 aliphatic rings. The van der Waals surface area contributed by atoms with E-state index in [-0.39, 0.29) is 46.8 Å². The van der Waals surface area contributed by atoms with E-state index in [0.29, 0.717) is 23.4 Å². The molecule has 0 fully saturated rings. The number of rotatable bonds is 6. The van der Waals surface area contributed by atoms with Gasteiger partial charge in [-0.05, 0) is 50.8 Å². The number of dihydropyridines is 1. The zero-order chi connectivity index (χ0) is 24.4. The van der Waals surface area contributed by atoms with Gasteiger partial charge in [-0.3, -0.25) is 9.59 Å². The maximum atomic E-state index is 13.7. The van der Waals surface area contributed by atoms with Crippen molar-refractivity contribution in [3.63, 3.8) is 0 Å². The van der Waals surface area contributed by atoms with E-state index in [1.165, 1.54) is 13.2 Å². The molecular formula is C24H28ClNO7. The molecule has 1 aromatic rings. The number of carbonyl (C=O) groups is 3. The summed E-state index contributed by atoms with van der Waals surface area (Å²) in [7, 11) is 1.24. The topological polar surface area (TPSA) is 111 Å². The summed E-state index contributed by atoms with van der Waals surface area (Å²) >= 11 is 6.28. The molecule has 0 radical (unpaired) electrons. The highest BCUT2D eigenvalue weighted by molar-refractivity contribution is 6.32. The van der Waals surface area contributed by atoms with Crippen LogP contribution in [0.1, 0.15) is 45.6 Å². The Morgan fingerprint density at radius 3 is 2.55 bits per heavy atom. The van der Waals surface area contributed by atoms with E-state index < -0.39 is 29.6 Å². The van der Waals surface area contributed by atoms with Gasteiger partial charge >= 0.3 is 11.9 Å². The molecule has 0 bridgehead atoms. The lowest BCUT2D eigenvalue weighted by Crippen LogP contribution is -2.43. The number of ketones is 1. The number of hydrogen-bond acceptors (Lipinski definition) is 8. The van der Waals surface area contributed by atoms with Gasteiger partial charge < -0.3 is 24.6 Å². The minimum atomic E-state index is -1.00. The third kappa shape index (κ3) is 4.44. The average molecular weight is 478 g/mol. The van der Waals surface area contributed by atoms with Crippen LogP contribution in [-0.4, -0.2) is 43.2 Å². The van der Waals surface area contributed by atoms with E-state index in [9.17, 15) is 19.5 Å². The Bertz CT molecular complexity index is 1060. The minimum absolute atomic E-state index is 0.0126. The van der Waals surface area contributed by atoms with E-state index in [1.807, 2.05) is 6.92 Å². The van der Waals surface area contributed by atoms with Crippen LogP contribution in [0.3, 0.4) is 0 Å². The predicted molar refractivity (Wildman–Crippen MR) is 121 cm³/mol. The van der Waals surface area contributed by atoms with Crippen molar-refractivity contribution in [2.45, 2.75) is 40.0 Å². The van der Waals surface area contributed by atoms with Crippen molar-refractivity contribution in [2.24, 2.45) is 11.8 Å². The van der Waals surface area contributed by atoms with Crippen molar-refractivity contribution < 1.29 is 33.7 Å². The first kappa shape index (κ1) is 24.6. The second-order valence-electron chi connectivity index (χ2n) is 8.04. The smallest absolute Gasteiger partial charge is 0.336 e. The quantitative estimate of drug-likeness (QED) is 0.472. The molecule has 0 saturated carbocycles. The summed E-state index contributed by atoms with van der Waals surface area (Å²) in [6, 6.07) is 3.04. The fraction of sp³-hybridized carbons (Fsp3) is 0.458. The van der Waals surface area contributed by atoms with E-state index in [0.717, 1.165) is 0 Å². The first-order chi connectivity index (χ1) is 15.7. The molecule has 2 N–H and O–H groups in total. The molecule has 3 rings (SSSR count). The van der Waals surface area contributed by atoms with Gasteiger partial charge in [-0.25, -0.2) is 4.79 Å². The van der Waals surface area contributed by atoms with Crippen molar-refractivity contribution >= 4 is 29.3 Å². The summed E-state index contributed by atoms with van der Waals surface area (Å²) in [4.78, 5) is 39.1. The summed E-state index contributed by atoms with van der Waals surface area (Å²) in [5.41, 5.74) is 2.14. The van der Waals surface area contributed by atoms with E-state index in [4.69, 9.17) is 25.8 Å². The number of hydrogen-bond donors (Lipinski definition) is 2. The Kier molecular flexibility index (Phi) is 7.37. The lowest BCUT2D eigenvalue weighted by molar-refractivity contribution is -0.151. The fourth-order valence-corrected chi connectivity index (χ4v) is 4.74. The molecule has 9 heteroatoms. The zero-order valence-corrected chi connectivity index (χ0v) is 20.0. The van der Waals surface area contributed by atoms with Crippen LogP contribution < -0.4 is 10.1 Å². The van der Waals surface area contributed by atoms with Gasteiger partial charge in [0, 0.05) is 22.9 Å². The first-order valence-electron chi connectivity index (χ1n) is 10.8. The molecule has 1 aliphatic heterocycles. The molecule has 8 nitrogen and oxygen atoms in total. The van der Waals surface area contributed by atoms with Crippen molar-refractivity contribution in [3.8, 4) is 11.5 Å². The average Bonchev–Trinajstić information content (AvgIpc) is 2.75. The number of halogens is 1. The second-order valence-corrected chi connectivity index (χ2v) is 8.45. The number of benzene rings is 1. The van der Waals surface area contributed by atoms with Gasteiger partial charge in [-0.2, -0.15) is 0 Å². The molecule has 0 unspecified atom stereocenters. The van der Waals surface area contributed by atoms with Crippen LogP contribution in [0.25, 0.3) is 0 Å². The lowest BCUT2D eigenvalue weighted by atomic mass is 9.69. The van der Waals surface area contributed by atoms with Gasteiger partial charge in [0.2, 0.25) is 0 Å². The second kappa shape index (κ2) is 9.87. The Morgan fingerprint density at radius 1 is 1.24 bits per heavy atom. The van der Waals surface area contributed by atoms with Crippen LogP contribution in [0.15, 0.2) is 34.7 Å². The largest absolute Gasteiger partial charge is 0.503 e. The molecule has 0 saturated heterocycles. The van der Waals surface area contributed by atoms with Crippen LogP contribution in [0, 0.1) is 11.8 Å². The molecule has 3 atom stereocenters. The van der Waals surface area contributed by atoms with Crippen LogP contribution in [0.4, 0.5) is 0 Å². The molecule has 0 amide bonds. The highest BCUT2D eigenvalue weighted by Crippen LogP contribution is 2.48. The van der Waals surface area contributed by atoms with Gasteiger partial charge in [-0.1, -0.05) is 18.5 Å². The molecule has 0 spiro atoms. The molecule has 0 aromatic heterocycles. The SMILES string of the molecule is CCOC(=O)C1=C(C)NC2=C(C(=O)[C@@H](C(=O)OC)[C@@H](C)C2)[C@H]1c1cc(Cl)c(O)c(OCC)c1. The van der Waals surface area contributed by atoms with E-state index >= 15 is 0 Å². The summed E-state index contributed by atoms with van der Waals surface area (Å²) in [5, 5.41) is 13.5. The van der Waals surface area contributed by atoms with Crippen molar-refractivity contribution in [1.29, 1.82) is 0 Å². The fourth-order valence-electron chi connectivity index (χ4n) is 4.52. The van der Waals surface area contributed by atoms with Crippen LogP contribution in [0.5, 0.6) is 11.5 Å². The number of Topliss-reactive ketones (excluding diaryl/α,β-unsaturated/α-hetero) is 1. The molecular weight excluding hydrogens is 450 g/mol. The maximum absolute atomic E-state index is 13.7. The predicted octanol–water partition coefficient (Wildman–Crippen LogP) is 3.62. The van der Waals surface area contributed by atoms with Gasteiger partial charge in [0.1, 0.15) is 5.92 Å². The van der Waals surface area contributed by atoms with E-state index in [1.54, 1.807) is 26.8 Å². The Labute approximate surface area is 197 Å². The highest BCUT2D eigenvalue weighted by Gasteiger charge is 2.47. The van der Waals surface area contributed by atoms with Gasteiger partial charge in [0.05, 0.1) is 30.9 Å². The molecule has 1 aromatic carbocycles. The van der Waals surface area contributed by atoms with Gasteiger partial charge in [0.15, 0.2) is 17.3 Å². The Morgan fingerprint density at radius 2 is 1.94 bits per heavy atom. The number of esters is 2. The third-order valence-electron chi connectivity index (χ3n) is 5.92. The number of carbonyl (C=O) groups excluding carboxylic acids is 3. The van der Waals surface area contributed by atoms with Gasteiger partial charge in [-0.15, -0.1) is 0 Å². The first-order valence-corrected chi connectivity index (χ1v) is 11.2. The number of ether oxygens (including phenoxy) is 3. The summed E-state index contributed by atoms with van der Waals surface area (Å²) in [6.07, 6.45) is 0.412. The zero-order valence-electron chi connectivity index (χ0n) is 19.3. The standard InChI is InChI=1S/C24H28ClNO7/c1-6-32-16-10-13(9-14(25)21(16)27)19-18(24(30)33-7-2)12(4)26-15-8-11(3)17(23(29)31-5)22(28)20(15)19/h9-11,17,19,26-27H,6-8H2,1-5H3/t11-,17-,19-/m0/s1. The number of aromatic hydroxyl groups is 1. The molecule has 1 heterocycles. The van der Waals surface area contributed by atoms with Crippen molar-refractivity contribution in [1.82, 2.24) is 5.32 Å². The number of allylic oxidation sites excluding steroid dienone is 3. The van der Waals surface area contributed by atoms with Crippen molar-refractivity contribution in [3.05, 3.63) is 45.3 Å². The lowest BCUT2D eigenvalue weighted by Gasteiger charge is -2.38. The summed E-state index contributed by atoms with van der Waals surface area (Å²) < 4.78 is 15.7. The van der Waals surface area contributed by atoms with Crippen LogP contribution in [0.2, 0.25) is 5.02 Å². The van der Waals surface area contributed by atoms with Gasteiger partial charge in [0.25, 0.3) is 0 Å². The highest BCUT2D eigenvalue weighted by atomic mass is 35.5. The molecule has 33 heavy (non-hydrogen) atoms. The normalized spacial score (nSPS) is 22.5. The van der Waals surface area contributed by atoms with E-state index in [2.05, 4.69) is 5.32 Å². The molecule has 1 aliphatic carbocycles. The maximum Gasteiger partial charge on any atom is 0.336 e. The number of phenolic OH excluding ortho intramolecular Hbond substituents is 1. The number of methoxy groups -OCH3 is 1. The van der Waals surface area contributed by atoms with Crippen LogP contribution in [-0.2, 0) is 23.9 Å². The minimum Gasteiger partial charge on any atom is -0.503 e. The Balaban J connectivity index is 2.26. The van der Waals surface area contributed by atoms with Crippen molar-refractivity contribution in [2.75, 3.05) is 20.3 Å². The molecule has 178 valence electrons. The Hall–Kier alpha value is -3.00. The summed E-state index contributed by atoms with van der Waals surface area (Å²) in [5.74, 6) is -3.92. The third-order valence-corrected chi connectivity index (χ3v) is 6.21. The monoisotopic (exact) mass is 477 g/mol.